The second kappa shape index (κ2) is 6.41. The van der Waals surface area contributed by atoms with Crippen molar-refractivity contribution in [2.24, 2.45) is 5.16 Å². The fraction of sp³-hybridized carbons (Fsp3) is 0.333. The van der Waals surface area contributed by atoms with Gasteiger partial charge in [-0.3, -0.25) is 10.1 Å². The molecule has 0 spiro atoms. The highest BCUT2D eigenvalue weighted by Crippen LogP contribution is 2.24. The Bertz CT molecular complexity index is 759. The zero-order valence-corrected chi connectivity index (χ0v) is 13.4. The van der Waals surface area contributed by atoms with E-state index in [1.54, 1.807) is 12.1 Å². The number of rotatable bonds is 4. The Morgan fingerprint density at radius 3 is 2.96 bits per heavy atom. The van der Waals surface area contributed by atoms with Crippen molar-refractivity contribution in [1.29, 1.82) is 0 Å². The van der Waals surface area contributed by atoms with Gasteiger partial charge in [-0.2, -0.15) is 0 Å². The van der Waals surface area contributed by atoms with Crippen molar-refractivity contribution in [3.05, 3.63) is 40.7 Å². The Balaban J connectivity index is 1.62. The molecule has 1 aromatic heterocycles. The van der Waals surface area contributed by atoms with Gasteiger partial charge in [0.25, 0.3) is 5.91 Å². The molecule has 1 atom stereocenters. The highest BCUT2D eigenvalue weighted by molar-refractivity contribution is 7.15. The van der Waals surface area contributed by atoms with E-state index < -0.39 is 6.10 Å². The van der Waals surface area contributed by atoms with Gasteiger partial charge in [0.05, 0.1) is 5.71 Å². The lowest BCUT2D eigenvalue weighted by molar-refractivity contribution is -0.125. The Morgan fingerprint density at radius 2 is 2.26 bits per heavy atom. The van der Waals surface area contributed by atoms with Crippen LogP contribution < -0.4 is 5.32 Å². The molecule has 2 heterocycles. The van der Waals surface area contributed by atoms with Crippen LogP contribution in [-0.2, 0) is 9.63 Å². The average Bonchev–Trinajstić information content (AvgIpc) is 3.16. The molecule has 1 aromatic carbocycles. The number of carbonyl (C=O) groups is 1. The smallest absolute Gasteiger partial charge is 0.270 e. The molecule has 0 unspecified atom stereocenters. The second-order valence-electron chi connectivity index (χ2n) is 5.44. The van der Waals surface area contributed by atoms with Gasteiger partial charge in [-0.15, -0.1) is 10.2 Å². The van der Waals surface area contributed by atoms with E-state index in [-0.39, 0.29) is 24.1 Å². The summed E-state index contributed by atoms with van der Waals surface area (Å²) in [5.74, 6) is -0.441. The third-order valence-electron chi connectivity index (χ3n) is 3.28. The number of carbonyl (C=O) groups excluding carboxylic acids is 1. The molecular formula is C15H15FN4O2S. The topological polar surface area (TPSA) is 76.5 Å². The molecule has 1 aliphatic heterocycles. The molecule has 3 rings (SSSR count). The van der Waals surface area contributed by atoms with E-state index in [1.807, 2.05) is 13.8 Å². The third kappa shape index (κ3) is 3.53. The van der Waals surface area contributed by atoms with Gasteiger partial charge in [0.15, 0.2) is 0 Å². The summed E-state index contributed by atoms with van der Waals surface area (Å²) in [4.78, 5) is 17.4. The molecule has 0 aliphatic carbocycles. The van der Waals surface area contributed by atoms with Gasteiger partial charge < -0.3 is 4.84 Å². The summed E-state index contributed by atoms with van der Waals surface area (Å²) in [5.41, 5.74) is 1.16. The van der Waals surface area contributed by atoms with Gasteiger partial charge in [-0.05, 0) is 12.1 Å². The van der Waals surface area contributed by atoms with Gasteiger partial charge in [0, 0.05) is 17.9 Å². The van der Waals surface area contributed by atoms with Crippen molar-refractivity contribution in [3.63, 3.8) is 0 Å². The molecule has 0 radical (unpaired) electrons. The van der Waals surface area contributed by atoms with Crippen molar-refractivity contribution < 1.29 is 14.0 Å². The summed E-state index contributed by atoms with van der Waals surface area (Å²) < 4.78 is 13.2. The number of anilines is 1. The van der Waals surface area contributed by atoms with E-state index in [1.165, 1.54) is 23.5 Å². The van der Waals surface area contributed by atoms with Crippen LogP contribution in [0.4, 0.5) is 9.52 Å². The van der Waals surface area contributed by atoms with Crippen molar-refractivity contribution in [2.75, 3.05) is 5.32 Å². The van der Waals surface area contributed by atoms with Crippen LogP contribution >= 0.6 is 11.3 Å². The second-order valence-corrected chi connectivity index (χ2v) is 6.45. The minimum absolute atomic E-state index is 0.254. The quantitative estimate of drug-likeness (QED) is 0.932. The number of oxime groups is 1. The predicted octanol–water partition coefficient (Wildman–Crippen LogP) is 2.93. The van der Waals surface area contributed by atoms with Crippen LogP contribution in [0.15, 0.2) is 29.4 Å². The van der Waals surface area contributed by atoms with Crippen LogP contribution in [0.3, 0.4) is 0 Å². The first kappa shape index (κ1) is 15.5. The predicted molar refractivity (Wildman–Crippen MR) is 85.1 cm³/mol. The van der Waals surface area contributed by atoms with Crippen molar-refractivity contribution in [2.45, 2.75) is 32.3 Å². The number of aromatic nitrogens is 2. The van der Waals surface area contributed by atoms with Crippen molar-refractivity contribution in [3.8, 4) is 0 Å². The maximum Gasteiger partial charge on any atom is 0.270 e. The van der Waals surface area contributed by atoms with E-state index in [0.717, 1.165) is 5.01 Å². The molecule has 1 amide bonds. The monoisotopic (exact) mass is 334 g/mol. The normalized spacial score (nSPS) is 17.0. The van der Waals surface area contributed by atoms with Crippen molar-refractivity contribution in [1.82, 2.24) is 10.2 Å². The number of hydrogen-bond donors (Lipinski definition) is 1. The fourth-order valence-corrected chi connectivity index (χ4v) is 2.81. The Morgan fingerprint density at radius 1 is 1.43 bits per heavy atom. The van der Waals surface area contributed by atoms with Crippen LogP contribution in [0.2, 0.25) is 0 Å². The summed E-state index contributed by atoms with van der Waals surface area (Å²) in [6.07, 6.45) is -0.467. The number of nitrogens with zero attached hydrogens (tertiary/aromatic N) is 3. The molecule has 1 aliphatic rings. The first-order valence-corrected chi connectivity index (χ1v) is 7.97. The first-order chi connectivity index (χ1) is 11.0. The zero-order chi connectivity index (χ0) is 16.4. The van der Waals surface area contributed by atoms with Crippen LogP contribution in [0.1, 0.15) is 36.8 Å². The van der Waals surface area contributed by atoms with E-state index in [2.05, 4.69) is 20.7 Å². The van der Waals surface area contributed by atoms with Crippen molar-refractivity contribution >= 4 is 28.1 Å². The molecule has 1 N–H and O–H groups in total. The average molecular weight is 334 g/mol. The summed E-state index contributed by atoms with van der Waals surface area (Å²) in [5, 5.41) is 15.8. The van der Waals surface area contributed by atoms with E-state index >= 15 is 0 Å². The number of amides is 1. The molecule has 0 fully saturated rings. The molecule has 0 saturated carbocycles. The third-order valence-corrected chi connectivity index (χ3v) is 4.42. The molecular weight excluding hydrogens is 319 g/mol. The van der Waals surface area contributed by atoms with E-state index in [0.29, 0.717) is 16.4 Å². The maximum absolute atomic E-state index is 13.2. The van der Waals surface area contributed by atoms with Crippen LogP contribution in [-0.4, -0.2) is 27.9 Å². The number of benzene rings is 1. The molecule has 23 heavy (non-hydrogen) atoms. The lowest BCUT2D eigenvalue weighted by Crippen LogP contribution is -2.28. The highest BCUT2D eigenvalue weighted by atomic mass is 32.1. The summed E-state index contributed by atoms with van der Waals surface area (Å²) in [6, 6.07) is 6.04. The Labute approximate surface area is 136 Å². The van der Waals surface area contributed by atoms with Gasteiger partial charge in [-0.25, -0.2) is 4.39 Å². The first-order valence-electron chi connectivity index (χ1n) is 7.16. The van der Waals surface area contributed by atoms with Crippen LogP contribution in [0.5, 0.6) is 0 Å². The van der Waals surface area contributed by atoms with E-state index in [4.69, 9.17) is 4.84 Å². The van der Waals surface area contributed by atoms with Crippen LogP contribution in [0, 0.1) is 5.82 Å². The molecule has 120 valence electrons. The van der Waals surface area contributed by atoms with E-state index in [9.17, 15) is 9.18 Å². The standard InChI is InChI=1S/C15H15FN4O2S/c1-8(2)14-18-19-15(23-14)17-13(21)12-7-11(20-22-12)9-4-3-5-10(16)6-9/h3-6,8,12H,7H2,1-2H3,(H,17,19,21)/t12-/m0/s1. The molecule has 8 heteroatoms. The zero-order valence-electron chi connectivity index (χ0n) is 12.6. The number of hydrogen-bond acceptors (Lipinski definition) is 6. The minimum Gasteiger partial charge on any atom is -0.382 e. The Kier molecular flexibility index (Phi) is 4.33. The van der Waals surface area contributed by atoms with Gasteiger partial charge in [-0.1, -0.05) is 42.5 Å². The number of nitrogens with one attached hydrogen (secondary N) is 1. The lowest BCUT2D eigenvalue weighted by atomic mass is 10.0. The lowest BCUT2D eigenvalue weighted by Gasteiger charge is -2.06. The molecule has 6 nitrogen and oxygen atoms in total. The van der Waals surface area contributed by atoms with Crippen LogP contribution in [0.25, 0.3) is 0 Å². The fourth-order valence-electron chi connectivity index (χ4n) is 2.06. The van der Waals surface area contributed by atoms with Gasteiger partial charge in [0.1, 0.15) is 10.8 Å². The summed E-state index contributed by atoms with van der Waals surface area (Å²) in [7, 11) is 0. The highest BCUT2D eigenvalue weighted by Gasteiger charge is 2.29. The molecule has 0 saturated heterocycles. The summed E-state index contributed by atoms with van der Waals surface area (Å²) >= 11 is 1.33. The van der Waals surface area contributed by atoms with Gasteiger partial charge >= 0.3 is 0 Å². The largest absolute Gasteiger partial charge is 0.382 e. The summed E-state index contributed by atoms with van der Waals surface area (Å²) in [6.45, 7) is 4.01. The minimum atomic E-state index is -0.750. The number of halogens is 1. The molecule has 2 aromatic rings. The SMILES string of the molecule is CC(C)c1nnc(NC(=O)[C@@H]2CC(c3cccc(F)c3)=NO2)s1. The maximum atomic E-state index is 13.2. The van der Waals surface area contributed by atoms with Gasteiger partial charge in [0.2, 0.25) is 11.2 Å². The Hall–Kier alpha value is -2.35. The molecule has 0 bridgehead atoms.